The molecule has 12 rings (SSSR count). The van der Waals surface area contributed by atoms with E-state index in [4.69, 9.17) is 0 Å². The number of para-hydroxylation sites is 3. The first-order valence-corrected chi connectivity index (χ1v) is 19.9. The Kier molecular flexibility index (Phi) is 6.90. The van der Waals surface area contributed by atoms with E-state index in [0.717, 1.165) is 12.2 Å². The van der Waals surface area contributed by atoms with Crippen LogP contribution in [0.2, 0.25) is 0 Å². The molecule has 5 atom stereocenters. The van der Waals surface area contributed by atoms with Crippen molar-refractivity contribution in [1.82, 2.24) is 15.5 Å². The number of allylic oxidation sites excluding steroid dienone is 4. The van der Waals surface area contributed by atoms with E-state index in [1.54, 1.807) is 0 Å². The SMILES string of the molecule is C1=CNC(C2=CC(c3cccc(-c4ccc5c(c4)C4(c6ccccc6-5)c5ccccc5N(c5ccccc5)c5ccccc54)c3)=CC(C3C4C=CCN43)N2)C=C1. The van der Waals surface area contributed by atoms with Crippen molar-refractivity contribution in [2.24, 2.45) is 0 Å². The lowest BCUT2D eigenvalue weighted by molar-refractivity contribution is 0.494. The topological polar surface area (TPSA) is 30.3 Å². The van der Waals surface area contributed by atoms with Crippen LogP contribution in [0.4, 0.5) is 17.1 Å². The van der Waals surface area contributed by atoms with Gasteiger partial charge in [0.15, 0.2) is 0 Å². The number of rotatable bonds is 5. The average Bonchev–Trinajstić information content (AvgIpc) is 3.60. The molecule has 6 aromatic carbocycles. The summed E-state index contributed by atoms with van der Waals surface area (Å²) in [4.78, 5) is 5.02. The largest absolute Gasteiger partial charge is 0.379 e. The molecule has 2 N–H and O–H groups in total. The average molecular weight is 721 g/mol. The highest BCUT2D eigenvalue weighted by atomic mass is 15.4. The number of nitrogens with one attached hydrogen (secondary N) is 2. The summed E-state index contributed by atoms with van der Waals surface area (Å²) in [7, 11) is 0. The number of dihydropyridines is 2. The molecule has 0 bridgehead atoms. The fraction of sp³-hybridized carbons (Fsp3) is 0.115. The smallest absolute Gasteiger partial charge is 0.0843 e. The van der Waals surface area contributed by atoms with Crippen LogP contribution in [0.5, 0.6) is 0 Å². The highest BCUT2D eigenvalue weighted by molar-refractivity contribution is 5.96. The van der Waals surface area contributed by atoms with Gasteiger partial charge in [-0.1, -0.05) is 140 Å². The summed E-state index contributed by atoms with van der Waals surface area (Å²) >= 11 is 0. The highest BCUT2D eigenvalue weighted by Crippen LogP contribution is 2.63. The summed E-state index contributed by atoms with van der Waals surface area (Å²) in [5, 5.41) is 7.48. The Hall–Kier alpha value is -6.62. The summed E-state index contributed by atoms with van der Waals surface area (Å²) in [6.07, 6.45) is 18.0. The van der Waals surface area contributed by atoms with Crippen LogP contribution in [0.1, 0.15) is 27.8 Å². The normalized spacial score (nSPS) is 23.9. The molecule has 1 aliphatic carbocycles. The van der Waals surface area contributed by atoms with Gasteiger partial charge in [-0.3, -0.25) is 4.90 Å². The minimum atomic E-state index is -0.485. The Bertz CT molecular complexity index is 2690. The second-order valence-electron chi connectivity index (χ2n) is 15.7. The van der Waals surface area contributed by atoms with Crippen LogP contribution in [0.15, 0.2) is 200 Å². The van der Waals surface area contributed by atoms with E-state index < -0.39 is 5.41 Å². The zero-order chi connectivity index (χ0) is 36.8. The lowest BCUT2D eigenvalue weighted by Crippen LogP contribution is -2.43. The molecule has 56 heavy (non-hydrogen) atoms. The van der Waals surface area contributed by atoms with Crippen LogP contribution in [-0.2, 0) is 5.41 Å². The van der Waals surface area contributed by atoms with Crippen molar-refractivity contribution in [3.8, 4) is 22.3 Å². The van der Waals surface area contributed by atoms with Crippen LogP contribution in [-0.4, -0.2) is 35.6 Å². The molecule has 5 heterocycles. The number of benzene rings is 6. The third kappa shape index (κ3) is 4.57. The van der Waals surface area contributed by atoms with Gasteiger partial charge >= 0.3 is 0 Å². The number of hydrogen-bond donors (Lipinski definition) is 2. The molecular formula is C52H40N4. The predicted molar refractivity (Wildman–Crippen MR) is 229 cm³/mol. The van der Waals surface area contributed by atoms with Gasteiger partial charge in [0.05, 0.1) is 34.9 Å². The van der Waals surface area contributed by atoms with E-state index in [1.807, 2.05) is 6.20 Å². The van der Waals surface area contributed by atoms with Gasteiger partial charge in [-0.2, -0.15) is 0 Å². The first kappa shape index (κ1) is 31.7. The number of anilines is 3. The molecule has 1 saturated heterocycles. The fourth-order valence-electron chi connectivity index (χ4n) is 10.4. The first-order chi connectivity index (χ1) is 27.8. The number of nitrogens with zero attached hydrogens (tertiary/aromatic N) is 2. The molecule has 5 unspecified atom stereocenters. The van der Waals surface area contributed by atoms with Crippen molar-refractivity contribution in [2.45, 2.75) is 29.6 Å². The summed E-state index contributed by atoms with van der Waals surface area (Å²) in [5.74, 6) is 0. The maximum absolute atomic E-state index is 3.92. The first-order valence-electron chi connectivity index (χ1n) is 19.9. The molecule has 0 saturated carbocycles. The second-order valence-corrected chi connectivity index (χ2v) is 15.7. The molecule has 0 radical (unpaired) electrons. The minimum Gasteiger partial charge on any atom is -0.379 e. The molecule has 0 amide bonds. The summed E-state index contributed by atoms with van der Waals surface area (Å²) < 4.78 is 0. The van der Waals surface area contributed by atoms with E-state index in [2.05, 4.69) is 209 Å². The predicted octanol–water partition coefficient (Wildman–Crippen LogP) is 10.4. The van der Waals surface area contributed by atoms with Crippen LogP contribution in [0.25, 0.3) is 27.8 Å². The van der Waals surface area contributed by atoms with Crippen molar-refractivity contribution in [3.05, 3.63) is 228 Å². The van der Waals surface area contributed by atoms with Crippen molar-refractivity contribution in [3.63, 3.8) is 0 Å². The Morgan fingerprint density at radius 1 is 0.589 bits per heavy atom. The Labute approximate surface area is 328 Å². The number of fused-ring (bicyclic) bond motifs is 10. The zero-order valence-electron chi connectivity index (χ0n) is 30.9. The molecule has 4 nitrogen and oxygen atoms in total. The van der Waals surface area contributed by atoms with Crippen LogP contribution in [0.3, 0.4) is 0 Å². The molecule has 4 heteroatoms. The molecule has 5 aliphatic heterocycles. The molecule has 268 valence electrons. The third-order valence-electron chi connectivity index (χ3n) is 12.9. The zero-order valence-corrected chi connectivity index (χ0v) is 30.9. The van der Waals surface area contributed by atoms with Crippen LogP contribution in [0, 0.1) is 0 Å². The Morgan fingerprint density at radius 3 is 2.07 bits per heavy atom. The molecular weight excluding hydrogens is 681 g/mol. The molecule has 1 fully saturated rings. The van der Waals surface area contributed by atoms with Gasteiger partial charge in [0.25, 0.3) is 0 Å². The molecule has 0 aromatic heterocycles. The second kappa shape index (κ2) is 12.2. The quantitative estimate of drug-likeness (QED) is 0.137. The fourth-order valence-corrected chi connectivity index (χ4v) is 10.4. The van der Waals surface area contributed by atoms with E-state index in [0.29, 0.717) is 12.1 Å². The van der Waals surface area contributed by atoms with Gasteiger partial charge < -0.3 is 15.5 Å². The maximum atomic E-state index is 3.92. The Balaban J connectivity index is 1.01. The van der Waals surface area contributed by atoms with Crippen LogP contribution >= 0.6 is 0 Å². The van der Waals surface area contributed by atoms with Crippen molar-refractivity contribution < 1.29 is 0 Å². The van der Waals surface area contributed by atoms with Crippen LogP contribution < -0.4 is 15.5 Å². The van der Waals surface area contributed by atoms with Gasteiger partial charge in [-0.05, 0) is 110 Å². The van der Waals surface area contributed by atoms with E-state index >= 15 is 0 Å². The lowest BCUT2D eigenvalue weighted by atomic mass is 9.64. The van der Waals surface area contributed by atoms with Gasteiger partial charge in [-0.15, -0.1) is 0 Å². The summed E-state index contributed by atoms with van der Waals surface area (Å²) in [5.41, 5.74) is 17.2. The minimum absolute atomic E-state index is 0.118. The van der Waals surface area contributed by atoms with E-state index in [9.17, 15) is 0 Å². The van der Waals surface area contributed by atoms with E-state index in [1.165, 1.54) is 72.7 Å². The van der Waals surface area contributed by atoms with Gasteiger partial charge in [0.2, 0.25) is 0 Å². The van der Waals surface area contributed by atoms with Crippen molar-refractivity contribution in [1.29, 1.82) is 0 Å². The summed E-state index contributed by atoms with van der Waals surface area (Å²) in [6, 6.07) is 55.7. The summed E-state index contributed by atoms with van der Waals surface area (Å²) in [6.45, 7) is 1.04. The Morgan fingerprint density at radius 2 is 1.30 bits per heavy atom. The monoisotopic (exact) mass is 720 g/mol. The van der Waals surface area contributed by atoms with Gasteiger partial charge in [-0.25, -0.2) is 0 Å². The number of hydrogen-bond acceptors (Lipinski definition) is 4. The van der Waals surface area contributed by atoms with Gasteiger partial charge in [0, 0.05) is 24.0 Å². The molecule has 6 aromatic rings. The molecule has 1 spiro atoms. The van der Waals surface area contributed by atoms with Gasteiger partial charge in [0.1, 0.15) is 0 Å². The molecule has 6 aliphatic rings. The van der Waals surface area contributed by atoms with Crippen molar-refractivity contribution in [2.75, 3.05) is 11.4 Å². The maximum Gasteiger partial charge on any atom is 0.0843 e. The third-order valence-corrected chi connectivity index (χ3v) is 12.9. The van der Waals surface area contributed by atoms with Crippen molar-refractivity contribution >= 4 is 22.6 Å². The van der Waals surface area contributed by atoms with E-state index in [-0.39, 0.29) is 12.1 Å². The lowest BCUT2D eigenvalue weighted by Gasteiger charge is -2.45. The standard InChI is InChI=1S/C52H40N4/c1-2-16-38(17-3-1)56-48-23-8-6-20-42(48)52(43-21-7-9-24-49(43)56)41-19-5-4-18-39(41)40-27-26-36(31-44(40)52)34-14-12-15-35(30-34)37-32-46(45-22-10-11-28-53-45)54-47(33-37)51-50-25-13-29-55(50)51/h1-28,30-33,45,47,50-51,53-54H,29H2. The highest BCUT2D eigenvalue weighted by Gasteiger charge is 2.53.